The Bertz CT molecular complexity index is 435. The van der Waals surface area contributed by atoms with E-state index in [2.05, 4.69) is 12.2 Å². The maximum absolute atomic E-state index is 11.9. The Morgan fingerprint density at radius 2 is 1.27 bits per heavy atom. The number of hydrogen-bond acceptors (Lipinski definition) is 4. The SMILES string of the molecule is CCCCCCCCCCCCCCCC(=O)C(CNC)S(=O)(=O)O.[H-].[Na+]. The smallest absolute Gasteiger partial charge is 1.00 e. The van der Waals surface area contributed by atoms with Crippen molar-refractivity contribution in [3.05, 3.63) is 0 Å². The van der Waals surface area contributed by atoms with E-state index >= 15 is 0 Å². The van der Waals surface area contributed by atoms with Crippen molar-refractivity contribution in [2.24, 2.45) is 0 Å². The van der Waals surface area contributed by atoms with Crippen LogP contribution < -0.4 is 34.9 Å². The van der Waals surface area contributed by atoms with Crippen LogP contribution >= 0.6 is 0 Å². The molecule has 0 radical (unpaired) electrons. The molecule has 0 rings (SSSR count). The van der Waals surface area contributed by atoms with Gasteiger partial charge in [0.1, 0.15) is 0 Å². The second-order valence-electron chi connectivity index (χ2n) is 7.02. The number of rotatable bonds is 18. The van der Waals surface area contributed by atoms with Crippen LogP contribution in [0.25, 0.3) is 0 Å². The van der Waals surface area contributed by atoms with Crippen LogP contribution in [0.15, 0.2) is 0 Å². The van der Waals surface area contributed by atoms with Crippen LogP contribution in [0, 0.1) is 0 Å². The van der Waals surface area contributed by atoms with E-state index in [0.29, 0.717) is 6.42 Å². The predicted molar refractivity (Wildman–Crippen MR) is 106 cm³/mol. The van der Waals surface area contributed by atoms with E-state index in [4.69, 9.17) is 4.55 Å². The van der Waals surface area contributed by atoms with Gasteiger partial charge in [0, 0.05) is 13.0 Å². The Labute approximate surface area is 185 Å². The van der Waals surface area contributed by atoms with Gasteiger partial charge in [0.05, 0.1) is 0 Å². The summed E-state index contributed by atoms with van der Waals surface area (Å²) in [5.74, 6) is -0.389. The predicted octanol–water partition coefficient (Wildman–Crippen LogP) is 1.63. The minimum Gasteiger partial charge on any atom is -1.00 e. The Morgan fingerprint density at radius 3 is 1.62 bits per heavy atom. The molecule has 1 unspecified atom stereocenters. The zero-order valence-electron chi connectivity index (χ0n) is 18.3. The first-order valence-corrected chi connectivity index (χ1v) is 11.6. The maximum Gasteiger partial charge on any atom is 1.00 e. The number of hydrogen-bond donors (Lipinski definition) is 2. The van der Waals surface area contributed by atoms with Crippen molar-refractivity contribution in [2.75, 3.05) is 13.6 Å². The molecule has 5 nitrogen and oxygen atoms in total. The van der Waals surface area contributed by atoms with E-state index in [1.165, 1.54) is 64.2 Å². The average Bonchev–Trinajstić information content (AvgIpc) is 2.55. The van der Waals surface area contributed by atoms with Gasteiger partial charge in [-0.25, -0.2) is 0 Å². The molecule has 0 spiro atoms. The van der Waals surface area contributed by atoms with Crippen LogP contribution in [0.4, 0.5) is 0 Å². The average molecular weight is 402 g/mol. The summed E-state index contributed by atoms with van der Waals surface area (Å²) in [5.41, 5.74) is 0. The van der Waals surface area contributed by atoms with Crippen LogP contribution in [0.1, 0.15) is 98.2 Å². The summed E-state index contributed by atoms with van der Waals surface area (Å²) >= 11 is 0. The molecule has 1 atom stereocenters. The fourth-order valence-electron chi connectivity index (χ4n) is 3.05. The summed E-state index contributed by atoms with van der Waals surface area (Å²) in [7, 11) is -2.74. The van der Waals surface area contributed by atoms with Gasteiger partial charge in [-0.2, -0.15) is 8.42 Å². The monoisotopic (exact) mass is 401 g/mol. The van der Waals surface area contributed by atoms with Gasteiger partial charge in [0.25, 0.3) is 10.1 Å². The van der Waals surface area contributed by atoms with E-state index in [1.807, 2.05) is 0 Å². The van der Waals surface area contributed by atoms with E-state index in [9.17, 15) is 13.2 Å². The van der Waals surface area contributed by atoms with Crippen molar-refractivity contribution < 1.29 is 48.7 Å². The van der Waals surface area contributed by atoms with E-state index < -0.39 is 15.4 Å². The van der Waals surface area contributed by atoms with Gasteiger partial charge in [0.2, 0.25) is 0 Å². The minimum absolute atomic E-state index is 0. The van der Waals surface area contributed by atoms with Crippen LogP contribution in [-0.4, -0.2) is 37.6 Å². The molecule has 0 aromatic heterocycles. The number of Topliss-reactive ketones (excluding diaryl/α,β-unsaturated/α-hetero) is 1. The zero-order chi connectivity index (χ0) is 19.0. The molecule has 0 saturated heterocycles. The normalized spacial score (nSPS) is 12.6. The van der Waals surface area contributed by atoms with E-state index in [0.717, 1.165) is 12.8 Å². The van der Waals surface area contributed by atoms with Gasteiger partial charge < -0.3 is 6.74 Å². The summed E-state index contributed by atoms with van der Waals surface area (Å²) < 4.78 is 31.5. The second kappa shape index (κ2) is 18.9. The Hall–Kier alpha value is 0.540. The maximum atomic E-state index is 11.9. The first-order chi connectivity index (χ1) is 11.9. The number of nitrogens with one attached hydrogen (secondary N) is 1. The molecule has 0 aliphatic rings. The van der Waals surface area contributed by atoms with E-state index in [1.54, 1.807) is 7.05 Å². The third-order valence-electron chi connectivity index (χ3n) is 4.63. The van der Waals surface area contributed by atoms with Crippen molar-refractivity contribution >= 4 is 15.9 Å². The molecule has 0 heterocycles. The molecular formula is C19H40NNaO4S. The second-order valence-corrected chi connectivity index (χ2v) is 8.62. The summed E-state index contributed by atoms with van der Waals surface area (Å²) in [6, 6.07) is 0. The summed E-state index contributed by atoms with van der Waals surface area (Å²) in [6.45, 7) is 2.21. The Morgan fingerprint density at radius 1 is 0.885 bits per heavy atom. The van der Waals surface area contributed by atoms with Crippen molar-refractivity contribution in [1.29, 1.82) is 0 Å². The topological polar surface area (TPSA) is 83.5 Å². The molecule has 0 aliphatic carbocycles. The van der Waals surface area contributed by atoms with Gasteiger partial charge in [-0.05, 0) is 13.5 Å². The Kier molecular flexibility index (Phi) is 20.9. The minimum atomic E-state index is -4.31. The van der Waals surface area contributed by atoms with Gasteiger partial charge in [-0.15, -0.1) is 0 Å². The van der Waals surface area contributed by atoms with Gasteiger partial charge in [-0.3, -0.25) is 9.35 Å². The largest absolute Gasteiger partial charge is 1.00 e. The van der Waals surface area contributed by atoms with Crippen molar-refractivity contribution in [1.82, 2.24) is 5.32 Å². The number of carbonyl (C=O) groups is 1. The van der Waals surface area contributed by atoms with Crippen molar-refractivity contribution in [3.8, 4) is 0 Å². The molecule has 26 heavy (non-hydrogen) atoms. The van der Waals surface area contributed by atoms with Crippen molar-refractivity contribution in [2.45, 2.75) is 102 Å². The first kappa shape index (κ1) is 28.7. The zero-order valence-corrected chi connectivity index (χ0v) is 20.1. The third kappa shape index (κ3) is 16.7. The molecule has 0 aromatic carbocycles. The fourth-order valence-corrected chi connectivity index (χ4v) is 3.88. The molecule has 7 heteroatoms. The summed E-state index contributed by atoms with van der Waals surface area (Å²) in [4.78, 5) is 11.9. The van der Waals surface area contributed by atoms with Crippen LogP contribution in [0.2, 0.25) is 0 Å². The molecule has 0 fully saturated rings. The molecule has 152 valence electrons. The van der Waals surface area contributed by atoms with Gasteiger partial charge in [-0.1, -0.05) is 84.0 Å². The molecule has 2 N–H and O–H groups in total. The molecule has 0 amide bonds. The number of ketones is 1. The third-order valence-corrected chi connectivity index (χ3v) is 5.78. The molecular weight excluding hydrogens is 361 g/mol. The number of unbranched alkanes of at least 4 members (excludes halogenated alkanes) is 12. The first-order valence-electron chi connectivity index (χ1n) is 10.1. The van der Waals surface area contributed by atoms with E-state index in [-0.39, 0.29) is 49.7 Å². The van der Waals surface area contributed by atoms with Crippen LogP contribution in [0.5, 0.6) is 0 Å². The summed E-state index contributed by atoms with van der Waals surface area (Å²) in [5, 5.41) is 1.32. The van der Waals surface area contributed by atoms with Gasteiger partial charge in [0.15, 0.2) is 11.0 Å². The molecule has 0 bridgehead atoms. The molecule has 0 aliphatic heterocycles. The molecule has 0 saturated carbocycles. The standard InChI is InChI=1S/C19H39NO4S.Na.H/c1-3-4-5-6-7-8-9-10-11-12-13-14-15-16-18(21)19(17-20-2)25(22,23)24;;/h19-20H,3-17H2,1-2H3,(H,22,23,24);;/q;+1;-1. The number of carbonyl (C=O) groups excluding carboxylic acids is 1. The van der Waals surface area contributed by atoms with Crippen LogP contribution in [-0.2, 0) is 14.9 Å². The molecule has 0 aromatic rings. The fraction of sp³-hybridized carbons (Fsp3) is 0.947. The quantitative estimate of drug-likeness (QED) is 0.207. The van der Waals surface area contributed by atoms with Crippen LogP contribution in [0.3, 0.4) is 0 Å². The van der Waals surface area contributed by atoms with Gasteiger partial charge >= 0.3 is 29.6 Å². The Balaban J connectivity index is -0.00000288. The van der Waals surface area contributed by atoms with Crippen molar-refractivity contribution in [3.63, 3.8) is 0 Å². The summed E-state index contributed by atoms with van der Waals surface area (Å²) in [6.07, 6.45) is 16.1.